The summed E-state index contributed by atoms with van der Waals surface area (Å²) in [5, 5.41) is 1.32. The van der Waals surface area contributed by atoms with E-state index in [0.717, 1.165) is 0 Å². The largest absolute Gasteiger partial charge is 0.493 e. The van der Waals surface area contributed by atoms with Crippen molar-refractivity contribution in [2.75, 3.05) is 14.2 Å². The zero-order chi connectivity index (χ0) is 21.1. The van der Waals surface area contributed by atoms with Gasteiger partial charge in [0.25, 0.3) is 5.56 Å². The SMILES string of the molecule is COc1ccc(-n2c(S[C@H](C)c3ccccc3)nc3ccccc3c2=O)cc1OC. The number of para-hydroxylation sites is 1. The number of nitrogens with zero attached hydrogens (tertiary/aromatic N) is 2. The Morgan fingerprint density at radius 2 is 1.60 bits per heavy atom. The van der Waals surface area contributed by atoms with Gasteiger partial charge in [-0.05, 0) is 36.8 Å². The van der Waals surface area contributed by atoms with E-state index in [1.807, 2.05) is 42.5 Å². The summed E-state index contributed by atoms with van der Waals surface area (Å²) in [6.07, 6.45) is 0. The lowest BCUT2D eigenvalue weighted by atomic mass is 10.2. The van der Waals surface area contributed by atoms with Crippen molar-refractivity contribution in [2.24, 2.45) is 0 Å². The van der Waals surface area contributed by atoms with Crippen LogP contribution in [0.1, 0.15) is 17.7 Å². The first-order valence-electron chi connectivity index (χ1n) is 9.58. The molecule has 0 saturated heterocycles. The third-order valence-corrected chi connectivity index (χ3v) is 6.03. The summed E-state index contributed by atoms with van der Waals surface area (Å²) in [4.78, 5) is 18.3. The highest BCUT2D eigenvalue weighted by Crippen LogP contribution is 2.36. The number of hydrogen-bond donors (Lipinski definition) is 0. The van der Waals surface area contributed by atoms with Gasteiger partial charge in [-0.2, -0.15) is 0 Å². The van der Waals surface area contributed by atoms with Crippen LogP contribution >= 0.6 is 11.8 Å². The predicted octanol–water partition coefficient (Wildman–Crippen LogP) is 5.26. The highest BCUT2D eigenvalue weighted by molar-refractivity contribution is 7.99. The van der Waals surface area contributed by atoms with Gasteiger partial charge in [0.05, 0.1) is 30.8 Å². The molecule has 0 radical (unpaired) electrons. The molecule has 0 saturated carbocycles. The van der Waals surface area contributed by atoms with Crippen LogP contribution in [0.3, 0.4) is 0 Å². The average molecular weight is 419 g/mol. The van der Waals surface area contributed by atoms with Crippen molar-refractivity contribution < 1.29 is 9.47 Å². The molecule has 1 atom stereocenters. The molecule has 0 amide bonds. The lowest BCUT2D eigenvalue weighted by Gasteiger charge is -2.18. The molecule has 3 aromatic carbocycles. The second kappa shape index (κ2) is 8.63. The Hall–Kier alpha value is -3.25. The van der Waals surface area contributed by atoms with Crippen LogP contribution in [0.25, 0.3) is 16.6 Å². The first kappa shape index (κ1) is 20.0. The molecule has 0 N–H and O–H groups in total. The van der Waals surface area contributed by atoms with Crippen molar-refractivity contribution in [3.8, 4) is 17.2 Å². The fraction of sp³-hybridized carbons (Fsp3) is 0.167. The molecule has 0 spiro atoms. The van der Waals surface area contributed by atoms with E-state index >= 15 is 0 Å². The molecular weight excluding hydrogens is 396 g/mol. The number of thioether (sulfide) groups is 1. The van der Waals surface area contributed by atoms with Gasteiger partial charge in [0.2, 0.25) is 0 Å². The Kier molecular flexibility index (Phi) is 5.77. The third-order valence-electron chi connectivity index (χ3n) is 4.92. The monoisotopic (exact) mass is 418 g/mol. The van der Waals surface area contributed by atoms with Crippen LogP contribution in [0.5, 0.6) is 11.5 Å². The second-order valence-electron chi connectivity index (χ2n) is 6.76. The maximum absolute atomic E-state index is 13.5. The number of hydrogen-bond acceptors (Lipinski definition) is 5. The number of rotatable bonds is 6. The number of ether oxygens (including phenoxy) is 2. The standard InChI is InChI=1S/C24H22N2O3S/c1-16(17-9-5-4-6-10-17)30-24-25-20-12-8-7-11-19(20)23(27)26(24)18-13-14-21(28-2)22(15-18)29-3/h4-16H,1-3H3/t16-/m1/s1. The minimum absolute atomic E-state index is 0.115. The van der Waals surface area contributed by atoms with Crippen molar-refractivity contribution >= 4 is 22.7 Å². The number of aromatic nitrogens is 2. The molecule has 4 aromatic rings. The van der Waals surface area contributed by atoms with Gasteiger partial charge in [-0.15, -0.1) is 0 Å². The molecule has 0 bridgehead atoms. The summed E-state index contributed by atoms with van der Waals surface area (Å²) in [6.45, 7) is 2.11. The maximum atomic E-state index is 13.5. The minimum atomic E-state index is -0.115. The molecule has 0 unspecified atom stereocenters. The Balaban J connectivity index is 1.90. The van der Waals surface area contributed by atoms with Gasteiger partial charge in [0.15, 0.2) is 16.7 Å². The van der Waals surface area contributed by atoms with Crippen LogP contribution in [0.2, 0.25) is 0 Å². The molecule has 30 heavy (non-hydrogen) atoms. The van der Waals surface area contributed by atoms with E-state index in [4.69, 9.17) is 14.5 Å². The molecular formula is C24H22N2O3S. The quantitative estimate of drug-likeness (QED) is 0.316. The van der Waals surface area contributed by atoms with Crippen molar-refractivity contribution in [1.82, 2.24) is 9.55 Å². The Bertz CT molecular complexity index is 1240. The number of methoxy groups -OCH3 is 2. The van der Waals surface area contributed by atoms with Gasteiger partial charge in [-0.1, -0.05) is 54.2 Å². The van der Waals surface area contributed by atoms with Crippen molar-refractivity contribution in [3.05, 3.63) is 88.7 Å². The van der Waals surface area contributed by atoms with E-state index in [2.05, 4.69) is 19.1 Å². The maximum Gasteiger partial charge on any atom is 0.266 e. The van der Waals surface area contributed by atoms with Crippen LogP contribution in [-0.4, -0.2) is 23.8 Å². The van der Waals surface area contributed by atoms with Crippen LogP contribution in [0, 0.1) is 0 Å². The van der Waals surface area contributed by atoms with E-state index < -0.39 is 0 Å². The Labute approximate surface area is 179 Å². The molecule has 0 aliphatic carbocycles. The van der Waals surface area contributed by atoms with Crippen LogP contribution < -0.4 is 15.0 Å². The fourth-order valence-electron chi connectivity index (χ4n) is 3.33. The summed E-state index contributed by atoms with van der Waals surface area (Å²) in [5.41, 5.74) is 2.42. The molecule has 6 heteroatoms. The van der Waals surface area contributed by atoms with Crippen molar-refractivity contribution in [2.45, 2.75) is 17.3 Å². The number of benzene rings is 3. The molecule has 4 rings (SSSR count). The van der Waals surface area contributed by atoms with Gasteiger partial charge in [0, 0.05) is 11.3 Å². The molecule has 0 aliphatic rings. The molecule has 5 nitrogen and oxygen atoms in total. The van der Waals surface area contributed by atoms with Gasteiger partial charge >= 0.3 is 0 Å². The zero-order valence-corrected chi connectivity index (χ0v) is 17.8. The van der Waals surface area contributed by atoms with E-state index in [1.54, 1.807) is 48.7 Å². The van der Waals surface area contributed by atoms with Gasteiger partial charge in [-0.3, -0.25) is 9.36 Å². The van der Waals surface area contributed by atoms with Gasteiger partial charge < -0.3 is 9.47 Å². The lowest BCUT2D eigenvalue weighted by Crippen LogP contribution is -2.22. The van der Waals surface area contributed by atoms with Crippen LogP contribution in [-0.2, 0) is 0 Å². The summed E-state index contributed by atoms with van der Waals surface area (Å²) in [5.74, 6) is 1.16. The smallest absolute Gasteiger partial charge is 0.266 e. The third kappa shape index (κ3) is 3.78. The normalized spacial score (nSPS) is 12.0. The second-order valence-corrected chi connectivity index (χ2v) is 8.07. The topological polar surface area (TPSA) is 53.4 Å². The Morgan fingerprint density at radius 1 is 0.900 bits per heavy atom. The van der Waals surface area contributed by atoms with Gasteiger partial charge in [0.1, 0.15) is 0 Å². The van der Waals surface area contributed by atoms with Gasteiger partial charge in [-0.25, -0.2) is 4.98 Å². The number of fused-ring (bicyclic) bond motifs is 1. The molecule has 0 fully saturated rings. The fourth-order valence-corrected chi connectivity index (χ4v) is 4.39. The molecule has 1 heterocycles. The first-order valence-corrected chi connectivity index (χ1v) is 10.5. The van der Waals surface area contributed by atoms with Crippen LogP contribution in [0.15, 0.2) is 82.7 Å². The summed E-state index contributed by atoms with van der Waals surface area (Å²) < 4.78 is 12.4. The summed E-state index contributed by atoms with van der Waals surface area (Å²) in [7, 11) is 3.17. The van der Waals surface area contributed by atoms with E-state index in [0.29, 0.717) is 33.2 Å². The van der Waals surface area contributed by atoms with E-state index in [9.17, 15) is 4.79 Å². The summed E-state index contributed by atoms with van der Waals surface area (Å²) in [6, 6.07) is 23.0. The van der Waals surface area contributed by atoms with Crippen LogP contribution in [0.4, 0.5) is 0 Å². The summed E-state index contributed by atoms with van der Waals surface area (Å²) >= 11 is 1.55. The lowest BCUT2D eigenvalue weighted by molar-refractivity contribution is 0.354. The zero-order valence-electron chi connectivity index (χ0n) is 17.0. The van der Waals surface area contributed by atoms with E-state index in [1.165, 1.54) is 5.56 Å². The minimum Gasteiger partial charge on any atom is -0.493 e. The highest BCUT2D eigenvalue weighted by Gasteiger charge is 2.18. The molecule has 1 aromatic heterocycles. The van der Waals surface area contributed by atoms with E-state index in [-0.39, 0.29) is 10.8 Å². The average Bonchev–Trinajstić information content (AvgIpc) is 2.79. The first-order chi connectivity index (χ1) is 14.6. The van der Waals surface area contributed by atoms with Crippen molar-refractivity contribution in [3.63, 3.8) is 0 Å². The van der Waals surface area contributed by atoms with Crippen molar-refractivity contribution in [1.29, 1.82) is 0 Å². The molecule has 152 valence electrons. The Morgan fingerprint density at radius 3 is 2.33 bits per heavy atom. The predicted molar refractivity (Wildman–Crippen MR) is 121 cm³/mol. The molecule has 0 aliphatic heterocycles. The highest BCUT2D eigenvalue weighted by atomic mass is 32.2.